The smallest absolute Gasteiger partial charge is 0.326 e. The lowest BCUT2D eigenvalue weighted by Gasteiger charge is -2.30. The van der Waals surface area contributed by atoms with Crippen molar-refractivity contribution >= 4 is 12.0 Å². The zero-order chi connectivity index (χ0) is 13.4. The first kappa shape index (κ1) is 15.7. The van der Waals surface area contributed by atoms with Gasteiger partial charge in [0.15, 0.2) is 0 Å². The van der Waals surface area contributed by atoms with E-state index >= 15 is 0 Å². The molecule has 2 amide bonds. The van der Waals surface area contributed by atoms with Gasteiger partial charge in [0.25, 0.3) is 0 Å². The van der Waals surface area contributed by atoms with Crippen LogP contribution >= 0.6 is 0 Å². The Bertz CT molecular complexity index is 253. The Morgan fingerprint density at radius 1 is 1.18 bits per heavy atom. The molecular weight excluding hydrogens is 228 g/mol. The van der Waals surface area contributed by atoms with E-state index in [9.17, 15) is 9.59 Å². The molecule has 0 aromatic carbocycles. The highest BCUT2D eigenvalue weighted by atomic mass is 16.4. The Balaban J connectivity index is 4.67. The highest BCUT2D eigenvalue weighted by Gasteiger charge is 2.27. The van der Waals surface area contributed by atoms with E-state index in [4.69, 9.17) is 15.3 Å². The Kier molecular flexibility index (Phi) is 7.24. The molecule has 0 aromatic rings. The normalized spacial score (nSPS) is 12.0. The lowest BCUT2D eigenvalue weighted by atomic mass is 10.2. The van der Waals surface area contributed by atoms with E-state index in [0.717, 1.165) is 4.90 Å². The van der Waals surface area contributed by atoms with Crippen molar-refractivity contribution in [3.63, 3.8) is 0 Å². The van der Waals surface area contributed by atoms with Crippen LogP contribution < -0.4 is 0 Å². The predicted molar refractivity (Wildman–Crippen MR) is 60.6 cm³/mol. The van der Waals surface area contributed by atoms with E-state index in [1.54, 1.807) is 6.92 Å². The molecule has 0 aliphatic rings. The highest BCUT2D eigenvalue weighted by Crippen LogP contribution is 2.06. The van der Waals surface area contributed by atoms with Crippen LogP contribution in [-0.2, 0) is 4.79 Å². The highest BCUT2D eigenvalue weighted by molar-refractivity contribution is 5.82. The molecule has 1 atom stereocenters. The van der Waals surface area contributed by atoms with Crippen LogP contribution in [0, 0.1) is 0 Å². The number of nitrogens with zero attached hydrogens (tertiary/aromatic N) is 2. The van der Waals surface area contributed by atoms with Crippen molar-refractivity contribution in [1.82, 2.24) is 9.80 Å². The fourth-order valence-corrected chi connectivity index (χ4v) is 1.52. The summed E-state index contributed by atoms with van der Waals surface area (Å²) in [7, 11) is 1.40. The second kappa shape index (κ2) is 7.86. The van der Waals surface area contributed by atoms with Crippen molar-refractivity contribution in [3.8, 4) is 0 Å². The number of carboxylic acid groups (broad SMARTS) is 1. The molecule has 1 unspecified atom stereocenters. The molecule has 0 bridgehead atoms. The fourth-order valence-electron chi connectivity index (χ4n) is 1.52. The largest absolute Gasteiger partial charge is 0.480 e. The number of carboxylic acids is 1. The van der Waals surface area contributed by atoms with Crippen molar-refractivity contribution in [3.05, 3.63) is 0 Å². The Hall–Kier alpha value is -1.34. The maximum absolute atomic E-state index is 11.9. The molecule has 0 aliphatic heterocycles. The molecule has 7 nitrogen and oxygen atoms in total. The van der Waals surface area contributed by atoms with Crippen LogP contribution in [0.4, 0.5) is 4.79 Å². The zero-order valence-electron chi connectivity index (χ0n) is 10.2. The summed E-state index contributed by atoms with van der Waals surface area (Å²) in [5.41, 5.74) is 0. The Labute approximate surface area is 100 Å². The van der Waals surface area contributed by atoms with Gasteiger partial charge in [-0.2, -0.15) is 0 Å². The fraction of sp³-hybridized carbons (Fsp3) is 0.800. The second-order valence-electron chi connectivity index (χ2n) is 3.59. The molecule has 0 saturated heterocycles. The van der Waals surface area contributed by atoms with Gasteiger partial charge in [-0.05, 0) is 6.42 Å². The maximum atomic E-state index is 11.9. The number of carbonyl (C=O) groups excluding carboxylic acids is 1. The third kappa shape index (κ3) is 4.58. The second-order valence-corrected chi connectivity index (χ2v) is 3.59. The van der Waals surface area contributed by atoms with Crippen LogP contribution in [0.1, 0.15) is 13.3 Å². The molecule has 100 valence electrons. The molecule has 0 saturated carbocycles. The molecule has 0 aliphatic carbocycles. The van der Waals surface area contributed by atoms with Crippen molar-refractivity contribution in [2.75, 3.05) is 33.4 Å². The van der Waals surface area contributed by atoms with Gasteiger partial charge in [-0.25, -0.2) is 9.59 Å². The summed E-state index contributed by atoms with van der Waals surface area (Å²) < 4.78 is 0. The van der Waals surface area contributed by atoms with Crippen LogP contribution in [0.3, 0.4) is 0 Å². The number of urea groups is 1. The molecule has 7 heteroatoms. The van der Waals surface area contributed by atoms with Crippen molar-refractivity contribution in [1.29, 1.82) is 0 Å². The van der Waals surface area contributed by atoms with Crippen molar-refractivity contribution < 1.29 is 24.9 Å². The first-order valence-electron chi connectivity index (χ1n) is 5.45. The lowest BCUT2D eigenvalue weighted by Crippen LogP contribution is -2.50. The van der Waals surface area contributed by atoms with E-state index in [2.05, 4.69) is 0 Å². The number of aliphatic hydroxyl groups excluding tert-OH is 2. The standard InChI is InChI=1S/C10H20N2O5/c1-3-8(9(15)16)11(2)10(17)12(4-6-13)5-7-14/h8,13-14H,3-7H2,1-2H3,(H,15,16). The average Bonchev–Trinajstić information content (AvgIpc) is 2.28. The minimum atomic E-state index is -1.07. The number of hydrogen-bond donors (Lipinski definition) is 3. The quantitative estimate of drug-likeness (QED) is 0.547. The number of amides is 2. The first-order chi connectivity index (χ1) is 7.99. The van der Waals surface area contributed by atoms with E-state index < -0.39 is 18.0 Å². The van der Waals surface area contributed by atoms with Crippen LogP contribution in [0.25, 0.3) is 0 Å². The molecular formula is C10H20N2O5. The molecule has 0 radical (unpaired) electrons. The van der Waals surface area contributed by atoms with Crippen LogP contribution in [0.2, 0.25) is 0 Å². The first-order valence-corrected chi connectivity index (χ1v) is 5.45. The van der Waals surface area contributed by atoms with Gasteiger partial charge in [0.05, 0.1) is 13.2 Å². The van der Waals surface area contributed by atoms with Crippen LogP contribution in [-0.4, -0.2) is 76.5 Å². The summed E-state index contributed by atoms with van der Waals surface area (Å²) in [6.45, 7) is 1.34. The number of aliphatic hydroxyl groups is 2. The predicted octanol–water partition coefficient (Wildman–Crippen LogP) is -0.812. The van der Waals surface area contributed by atoms with Gasteiger partial charge in [0, 0.05) is 20.1 Å². The third-order valence-corrected chi connectivity index (χ3v) is 2.45. The lowest BCUT2D eigenvalue weighted by molar-refractivity contribution is -0.142. The Morgan fingerprint density at radius 2 is 1.65 bits per heavy atom. The minimum Gasteiger partial charge on any atom is -0.480 e. The molecule has 0 fully saturated rings. The summed E-state index contributed by atoms with van der Waals surface area (Å²) in [6, 6.07) is -1.41. The minimum absolute atomic E-state index is 0.0692. The number of hydrogen-bond acceptors (Lipinski definition) is 4. The molecule has 17 heavy (non-hydrogen) atoms. The third-order valence-electron chi connectivity index (χ3n) is 2.45. The number of carbonyl (C=O) groups is 2. The van der Waals surface area contributed by atoms with Gasteiger partial charge >= 0.3 is 12.0 Å². The van der Waals surface area contributed by atoms with Crippen LogP contribution in [0.15, 0.2) is 0 Å². The maximum Gasteiger partial charge on any atom is 0.326 e. The van der Waals surface area contributed by atoms with E-state index in [1.807, 2.05) is 0 Å². The molecule has 0 rings (SSSR count). The SMILES string of the molecule is CCC(C(=O)O)N(C)C(=O)N(CCO)CCO. The summed E-state index contributed by atoms with van der Waals surface area (Å²) in [6.07, 6.45) is 0.295. The average molecular weight is 248 g/mol. The molecule has 3 N–H and O–H groups in total. The summed E-state index contributed by atoms with van der Waals surface area (Å²) in [5.74, 6) is -1.07. The number of rotatable bonds is 7. The summed E-state index contributed by atoms with van der Waals surface area (Å²) in [4.78, 5) is 25.1. The van der Waals surface area contributed by atoms with E-state index in [-0.39, 0.29) is 26.3 Å². The van der Waals surface area contributed by atoms with Gasteiger partial charge in [0.1, 0.15) is 6.04 Å². The van der Waals surface area contributed by atoms with Crippen molar-refractivity contribution in [2.24, 2.45) is 0 Å². The van der Waals surface area contributed by atoms with Gasteiger partial charge in [-0.15, -0.1) is 0 Å². The topological polar surface area (TPSA) is 101 Å². The van der Waals surface area contributed by atoms with Crippen molar-refractivity contribution in [2.45, 2.75) is 19.4 Å². The number of likely N-dealkylation sites (N-methyl/N-ethyl adjacent to an activating group) is 1. The van der Waals surface area contributed by atoms with Gasteiger partial charge in [-0.3, -0.25) is 0 Å². The van der Waals surface area contributed by atoms with E-state index in [1.165, 1.54) is 11.9 Å². The van der Waals surface area contributed by atoms with Gasteiger partial charge in [0.2, 0.25) is 0 Å². The molecule has 0 aromatic heterocycles. The van der Waals surface area contributed by atoms with E-state index in [0.29, 0.717) is 6.42 Å². The summed E-state index contributed by atoms with van der Waals surface area (Å²) in [5, 5.41) is 26.5. The molecule has 0 heterocycles. The zero-order valence-corrected chi connectivity index (χ0v) is 10.2. The monoisotopic (exact) mass is 248 g/mol. The Morgan fingerprint density at radius 3 is 1.94 bits per heavy atom. The van der Waals surface area contributed by atoms with Crippen LogP contribution in [0.5, 0.6) is 0 Å². The van der Waals surface area contributed by atoms with Gasteiger partial charge < -0.3 is 25.1 Å². The van der Waals surface area contributed by atoms with Gasteiger partial charge in [-0.1, -0.05) is 6.92 Å². The number of aliphatic carboxylic acids is 1. The molecule has 0 spiro atoms. The summed E-state index contributed by atoms with van der Waals surface area (Å²) >= 11 is 0.